The second kappa shape index (κ2) is 7.95. The van der Waals surface area contributed by atoms with Crippen LogP contribution in [0.3, 0.4) is 0 Å². The lowest BCUT2D eigenvalue weighted by Crippen LogP contribution is -2.40. The monoisotopic (exact) mass is 263 g/mol. The first-order valence-electron chi connectivity index (χ1n) is 6.97. The molecule has 3 nitrogen and oxygen atoms in total. The lowest BCUT2D eigenvalue weighted by Gasteiger charge is -2.25. The van der Waals surface area contributed by atoms with Gasteiger partial charge in [-0.05, 0) is 24.3 Å². The molecule has 106 valence electrons. The molecule has 0 heterocycles. The predicted molar refractivity (Wildman–Crippen MR) is 77.9 cm³/mol. The summed E-state index contributed by atoms with van der Waals surface area (Å²) < 4.78 is 4.84. The van der Waals surface area contributed by atoms with Crippen molar-refractivity contribution in [2.45, 2.75) is 45.7 Å². The van der Waals surface area contributed by atoms with Gasteiger partial charge in [0.1, 0.15) is 6.04 Å². The molecule has 1 aromatic rings. The van der Waals surface area contributed by atoms with Gasteiger partial charge < -0.3 is 4.74 Å². The van der Waals surface area contributed by atoms with Crippen LogP contribution in [-0.2, 0) is 9.53 Å². The standard InChI is InChI=1S/C16H25NO2/c1-5-14(16(18)19-4)17-15(11-12(2)3)13-9-7-6-8-10-13/h6-10,12,14-15,17H,5,11H2,1-4H3. The molecule has 0 aromatic heterocycles. The van der Waals surface area contributed by atoms with Crippen molar-refractivity contribution in [1.29, 1.82) is 0 Å². The van der Waals surface area contributed by atoms with Crippen LogP contribution in [0.2, 0.25) is 0 Å². The molecule has 3 heteroatoms. The van der Waals surface area contributed by atoms with Crippen LogP contribution in [0, 0.1) is 5.92 Å². The fraction of sp³-hybridized carbons (Fsp3) is 0.562. The lowest BCUT2D eigenvalue weighted by molar-refractivity contribution is -0.143. The van der Waals surface area contributed by atoms with Gasteiger partial charge in [-0.1, -0.05) is 51.1 Å². The van der Waals surface area contributed by atoms with Gasteiger partial charge in [0.25, 0.3) is 0 Å². The molecule has 0 amide bonds. The van der Waals surface area contributed by atoms with Crippen molar-refractivity contribution < 1.29 is 9.53 Å². The Bertz CT molecular complexity index is 376. The average Bonchev–Trinajstić information content (AvgIpc) is 2.43. The third-order valence-corrected chi connectivity index (χ3v) is 3.21. The van der Waals surface area contributed by atoms with Gasteiger partial charge in [-0.2, -0.15) is 0 Å². The van der Waals surface area contributed by atoms with E-state index in [-0.39, 0.29) is 18.1 Å². The molecule has 0 saturated heterocycles. The zero-order valence-electron chi connectivity index (χ0n) is 12.3. The molecule has 0 aliphatic heterocycles. The van der Waals surface area contributed by atoms with Crippen molar-refractivity contribution in [2.24, 2.45) is 5.92 Å². The molecule has 0 fully saturated rings. The molecular formula is C16H25NO2. The molecular weight excluding hydrogens is 238 g/mol. The summed E-state index contributed by atoms with van der Waals surface area (Å²) in [5.41, 5.74) is 1.22. The van der Waals surface area contributed by atoms with Gasteiger partial charge in [-0.15, -0.1) is 0 Å². The van der Waals surface area contributed by atoms with Crippen LogP contribution in [0.25, 0.3) is 0 Å². The Hall–Kier alpha value is -1.35. The summed E-state index contributed by atoms with van der Waals surface area (Å²) in [4.78, 5) is 11.7. The molecule has 19 heavy (non-hydrogen) atoms. The smallest absolute Gasteiger partial charge is 0.322 e. The van der Waals surface area contributed by atoms with Crippen LogP contribution in [-0.4, -0.2) is 19.1 Å². The van der Waals surface area contributed by atoms with Gasteiger partial charge in [-0.3, -0.25) is 10.1 Å². The number of methoxy groups -OCH3 is 1. The molecule has 0 aliphatic rings. The molecule has 2 atom stereocenters. The van der Waals surface area contributed by atoms with E-state index < -0.39 is 0 Å². The topological polar surface area (TPSA) is 38.3 Å². The second-order valence-electron chi connectivity index (χ2n) is 5.24. The van der Waals surface area contributed by atoms with Crippen molar-refractivity contribution >= 4 is 5.97 Å². The highest BCUT2D eigenvalue weighted by molar-refractivity contribution is 5.75. The number of carbonyl (C=O) groups is 1. The largest absolute Gasteiger partial charge is 0.468 e. The number of benzene rings is 1. The number of hydrogen-bond donors (Lipinski definition) is 1. The molecule has 0 radical (unpaired) electrons. The van der Waals surface area contributed by atoms with E-state index in [0.717, 1.165) is 12.8 Å². The third-order valence-electron chi connectivity index (χ3n) is 3.21. The lowest BCUT2D eigenvalue weighted by atomic mass is 9.96. The van der Waals surface area contributed by atoms with Gasteiger partial charge in [0.05, 0.1) is 7.11 Å². The second-order valence-corrected chi connectivity index (χ2v) is 5.24. The molecule has 0 aliphatic carbocycles. The first kappa shape index (κ1) is 15.7. The highest BCUT2D eigenvalue weighted by Gasteiger charge is 2.22. The summed E-state index contributed by atoms with van der Waals surface area (Å²) in [6, 6.07) is 10.2. The van der Waals surface area contributed by atoms with Gasteiger partial charge in [-0.25, -0.2) is 0 Å². The summed E-state index contributed by atoms with van der Waals surface area (Å²) in [7, 11) is 1.44. The minimum atomic E-state index is -0.242. The molecule has 1 rings (SSSR count). The molecule has 0 spiro atoms. The van der Waals surface area contributed by atoms with Crippen molar-refractivity contribution in [3.8, 4) is 0 Å². The summed E-state index contributed by atoms with van der Waals surface area (Å²) in [6.07, 6.45) is 1.73. The minimum absolute atomic E-state index is 0.185. The molecule has 0 bridgehead atoms. The van der Waals surface area contributed by atoms with E-state index in [1.807, 2.05) is 25.1 Å². The minimum Gasteiger partial charge on any atom is -0.468 e. The number of hydrogen-bond acceptors (Lipinski definition) is 3. The third kappa shape index (κ3) is 5.03. The Morgan fingerprint density at radius 1 is 1.26 bits per heavy atom. The van der Waals surface area contributed by atoms with E-state index in [2.05, 4.69) is 31.3 Å². The Balaban J connectivity index is 2.83. The number of carbonyl (C=O) groups excluding carboxylic acids is 1. The van der Waals surface area contributed by atoms with Crippen LogP contribution in [0.15, 0.2) is 30.3 Å². The normalized spacial score (nSPS) is 14.2. The van der Waals surface area contributed by atoms with Crippen LogP contribution in [0.1, 0.15) is 45.2 Å². The van der Waals surface area contributed by atoms with Crippen LogP contribution in [0.4, 0.5) is 0 Å². The quantitative estimate of drug-likeness (QED) is 0.767. The van der Waals surface area contributed by atoms with Gasteiger partial charge in [0.15, 0.2) is 0 Å². The summed E-state index contributed by atoms with van der Waals surface area (Å²) in [6.45, 7) is 6.37. The SMILES string of the molecule is CCC(NC(CC(C)C)c1ccccc1)C(=O)OC. The van der Waals surface area contributed by atoms with Crippen LogP contribution in [0.5, 0.6) is 0 Å². The summed E-state index contributed by atoms with van der Waals surface area (Å²) in [5.74, 6) is 0.375. The highest BCUT2D eigenvalue weighted by Crippen LogP contribution is 2.22. The van der Waals surface area contributed by atoms with E-state index in [9.17, 15) is 4.79 Å². The fourth-order valence-electron chi connectivity index (χ4n) is 2.19. The van der Waals surface area contributed by atoms with Crippen molar-refractivity contribution in [3.05, 3.63) is 35.9 Å². The van der Waals surface area contributed by atoms with E-state index in [1.54, 1.807) is 0 Å². The Labute approximate surface area is 116 Å². The van der Waals surface area contributed by atoms with Crippen molar-refractivity contribution in [3.63, 3.8) is 0 Å². The Morgan fingerprint density at radius 3 is 2.37 bits per heavy atom. The first-order valence-corrected chi connectivity index (χ1v) is 6.97. The zero-order valence-corrected chi connectivity index (χ0v) is 12.3. The van der Waals surface area contributed by atoms with Gasteiger partial charge >= 0.3 is 5.97 Å². The Kier molecular flexibility index (Phi) is 6.57. The van der Waals surface area contributed by atoms with Crippen LogP contribution < -0.4 is 5.32 Å². The average molecular weight is 263 g/mol. The first-order chi connectivity index (χ1) is 9.08. The van der Waals surface area contributed by atoms with E-state index in [1.165, 1.54) is 12.7 Å². The fourth-order valence-corrected chi connectivity index (χ4v) is 2.19. The van der Waals surface area contributed by atoms with E-state index >= 15 is 0 Å². The van der Waals surface area contributed by atoms with Crippen LogP contribution >= 0.6 is 0 Å². The number of ether oxygens (including phenoxy) is 1. The van der Waals surface area contributed by atoms with Gasteiger partial charge in [0.2, 0.25) is 0 Å². The van der Waals surface area contributed by atoms with Gasteiger partial charge in [0, 0.05) is 6.04 Å². The zero-order chi connectivity index (χ0) is 14.3. The summed E-state index contributed by atoms with van der Waals surface area (Å²) >= 11 is 0. The maximum atomic E-state index is 11.7. The number of nitrogens with one attached hydrogen (secondary N) is 1. The summed E-state index contributed by atoms with van der Waals surface area (Å²) in [5, 5.41) is 3.43. The van der Waals surface area contributed by atoms with Crippen molar-refractivity contribution in [2.75, 3.05) is 7.11 Å². The highest BCUT2D eigenvalue weighted by atomic mass is 16.5. The number of esters is 1. The Morgan fingerprint density at radius 2 is 1.89 bits per heavy atom. The molecule has 2 unspecified atom stereocenters. The maximum absolute atomic E-state index is 11.7. The number of rotatable bonds is 7. The molecule has 1 N–H and O–H groups in total. The molecule has 0 saturated carbocycles. The maximum Gasteiger partial charge on any atom is 0.322 e. The van der Waals surface area contributed by atoms with E-state index in [4.69, 9.17) is 4.74 Å². The molecule has 1 aromatic carbocycles. The van der Waals surface area contributed by atoms with Crippen molar-refractivity contribution in [1.82, 2.24) is 5.32 Å². The van der Waals surface area contributed by atoms with E-state index in [0.29, 0.717) is 5.92 Å². The predicted octanol–water partition coefficient (Wildman–Crippen LogP) is 3.32.